The number of benzene rings is 1. The average Bonchev–Trinajstić information content (AvgIpc) is 2.52. The lowest BCUT2D eigenvalue weighted by molar-refractivity contribution is 0.112. The number of hydrogen-bond acceptors (Lipinski definition) is 4. The Morgan fingerprint density at radius 1 is 1.32 bits per heavy atom. The summed E-state index contributed by atoms with van der Waals surface area (Å²) in [5, 5.41) is 10.9. The predicted molar refractivity (Wildman–Crippen MR) is 89.9 cm³/mol. The van der Waals surface area contributed by atoms with E-state index < -0.39 is 0 Å². The molecule has 0 spiro atoms. The smallest absolute Gasteiger partial charge is 0.150 e. The number of unbranched alkanes of at least 4 members (excludes halogenated alkanes) is 1. The molecule has 0 aliphatic rings. The zero-order valence-corrected chi connectivity index (χ0v) is 13.1. The second-order valence-electron chi connectivity index (χ2n) is 5.85. The second kappa shape index (κ2) is 7.69. The van der Waals surface area contributed by atoms with Gasteiger partial charge in [-0.2, -0.15) is 0 Å². The molecule has 0 atom stereocenters. The summed E-state index contributed by atoms with van der Waals surface area (Å²) in [6.45, 7) is 5.15. The fraction of sp³-hybridized carbons (Fsp3) is 0.389. The molecule has 2 rings (SSSR count). The largest absolute Gasteiger partial charge is 0.505 e. The van der Waals surface area contributed by atoms with Crippen LogP contribution in [0.1, 0.15) is 49.0 Å². The third-order valence-electron chi connectivity index (χ3n) is 3.60. The maximum absolute atomic E-state index is 11.2. The van der Waals surface area contributed by atoms with Crippen molar-refractivity contribution in [3.05, 3.63) is 35.5 Å². The summed E-state index contributed by atoms with van der Waals surface area (Å²) in [6.07, 6.45) is 7.40. The van der Waals surface area contributed by atoms with Crippen LogP contribution >= 0.6 is 0 Å². The van der Waals surface area contributed by atoms with Crippen molar-refractivity contribution in [2.45, 2.75) is 33.1 Å². The van der Waals surface area contributed by atoms with Gasteiger partial charge in [0, 0.05) is 35.5 Å². The summed E-state index contributed by atoms with van der Waals surface area (Å²) in [4.78, 5) is 19.7. The molecule has 2 aromatic rings. The average molecular weight is 298 g/mol. The highest BCUT2D eigenvalue weighted by molar-refractivity contribution is 6.04. The first kappa shape index (κ1) is 16.1. The SMILES string of the molecule is CC(C)CCCCN=Cc1cc(C=O)c2cccnc2c1O. The Balaban J connectivity index is 2.14. The summed E-state index contributed by atoms with van der Waals surface area (Å²) in [5.41, 5.74) is 1.49. The van der Waals surface area contributed by atoms with Crippen LogP contribution in [0.3, 0.4) is 0 Å². The van der Waals surface area contributed by atoms with Crippen molar-refractivity contribution in [2.24, 2.45) is 10.9 Å². The Morgan fingerprint density at radius 2 is 2.14 bits per heavy atom. The van der Waals surface area contributed by atoms with Crippen molar-refractivity contribution in [3.8, 4) is 5.75 Å². The Labute approximate surface area is 130 Å². The third-order valence-corrected chi connectivity index (χ3v) is 3.60. The number of hydrogen-bond donors (Lipinski definition) is 1. The van der Waals surface area contributed by atoms with Crippen molar-refractivity contribution in [1.29, 1.82) is 0 Å². The van der Waals surface area contributed by atoms with Crippen molar-refractivity contribution in [2.75, 3.05) is 6.54 Å². The zero-order chi connectivity index (χ0) is 15.9. The van der Waals surface area contributed by atoms with Gasteiger partial charge >= 0.3 is 0 Å². The zero-order valence-electron chi connectivity index (χ0n) is 13.1. The number of aromatic nitrogens is 1. The first-order chi connectivity index (χ1) is 10.6. The fourth-order valence-electron chi connectivity index (χ4n) is 2.39. The van der Waals surface area contributed by atoms with Crippen LogP contribution in [-0.4, -0.2) is 29.1 Å². The van der Waals surface area contributed by atoms with Crippen molar-refractivity contribution >= 4 is 23.4 Å². The topological polar surface area (TPSA) is 62.5 Å². The van der Waals surface area contributed by atoms with Crippen LogP contribution in [0.25, 0.3) is 10.9 Å². The highest BCUT2D eigenvalue weighted by Gasteiger charge is 2.10. The summed E-state index contributed by atoms with van der Waals surface area (Å²) in [7, 11) is 0. The van der Waals surface area contributed by atoms with Crippen molar-refractivity contribution in [3.63, 3.8) is 0 Å². The van der Waals surface area contributed by atoms with E-state index in [0.717, 1.165) is 31.6 Å². The summed E-state index contributed by atoms with van der Waals surface area (Å²) < 4.78 is 0. The van der Waals surface area contributed by atoms with Gasteiger partial charge in [-0.05, 0) is 24.5 Å². The Kier molecular flexibility index (Phi) is 5.64. The van der Waals surface area contributed by atoms with Crippen LogP contribution in [0.5, 0.6) is 5.75 Å². The normalized spacial score (nSPS) is 11.6. The van der Waals surface area contributed by atoms with Gasteiger partial charge < -0.3 is 5.11 Å². The van der Waals surface area contributed by atoms with E-state index in [0.29, 0.717) is 22.0 Å². The maximum atomic E-state index is 11.2. The van der Waals surface area contributed by atoms with E-state index in [-0.39, 0.29) is 5.75 Å². The summed E-state index contributed by atoms with van der Waals surface area (Å²) >= 11 is 0. The highest BCUT2D eigenvalue weighted by Crippen LogP contribution is 2.28. The molecule has 1 heterocycles. The standard InChI is InChI=1S/C18H22N2O2/c1-13(2)6-3-4-8-19-11-14-10-15(12-21)16-7-5-9-20-17(16)18(14)22/h5,7,9-13,22H,3-4,6,8H2,1-2H3. The molecular formula is C18H22N2O2. The van der Waals surface area contributed by atoms with Crippen molar-refractivity contribution < 1.29 is 9.90 Å². The molecule has 0 radical (unpaired) electrons. The molecule has 4 nitrogen and oxygen atoms in total. The van der Waals surface area contributed by atoms with E-state index in [4.69, 9.17) is 0 Å². The maximum Gasteiger partial charge on any atom is 0.150 e. The molecule has 0 bridgehead atoms. The van der Waals surface area contributed by atoms with E-state index in [1.165, 1.54) is 6.42 Å². The number of fused-ring (bicyclic) bond motifs is 1. The van der Waals surface area contributed by atoms with Crippen LogP contribution in [0.2, 0.25) is 0 Å². The van der Waals surface area contributed by atoms with Crippen LogP contribution in [0.15, 0.2) is 29.4 Å². The van der Waals surface area contributed by atoms with E-state index in [9.17, 15) is 9.90 Å². The number of aromatic hydroxyl groups is 1. The Morgan fingerprint density at radius 3 is 2.86 bits per heavy atom. The van der Waals surface area contributed by atoms with Gasteiger partial charge in [-0.25, -0.2) is 0 Å². The molecule has 1 aromatic carbocycles. The number of phenols is 1. The molecule has 0 saturated carbocycles. The highest BCUT2D eigenvalue weighted by atomic mass is 16.3. The van der Waals surface area contributed by atoms with E-state index >= 15 is 0 Å². The molecule has 116 valence electrons. The van der Waals surface area contributed by atoms with Gasteiger partial charge in [0.25, 0.3) is 0 Å². The van der Waals surface area contributed by atoms with Crippen LogP contribution in [0, 0.1) is 5.92 Å². The van der Waals surface area contributed by atoms with Gasteiger partial charge in [0.05, 0.1) is 0 Å². The van der Waals surface area contributed by atoms with Gasteiger partial charge in [0.2, 0.25) is 0 Å². The molecule has 0 saturated heterocycles. The number of rotatable bonds is 7. The molecule has 0 unspecified atom stereocenters. The predicted octanol–water partition coefficient (Wildman–Crippen LogP) is 4.00. The Hall–Kier alpha value is -2.23. The Bertz CT molecular complexity index is 678. The molecule has 22 heavy (non-hydrogen) atoms. The first-order valence-electron chi connectivity index (χ1n) is 7.69. The summed E-state index contributed by atoms with van der Waals surface area (Å²) in [5.74, 6) is 0.793. The molecule has 0 amide bonds. The molecule has 0 fully saturated rings. The number of pyridine rings is 1. The first-order valence-corrected chi connectivity index (χ1v) is 7.69. The minimum absolute atomic E-state index is 0.0760. The van der Waals surface area contributed by atoms with Gasteiger partial charge in [-0.1, -0.05) is 32.8 Å². The lowest BCUT2D eigenvalue weighted by atomic mass is 10.0. The number of phenolic OH excluding ortho intramolecular Hbond substituents is 1. The quantitative estimate of drug-likeness (QED) is 0.477. The molecule has 4 heteroatoms. The van der Waals surface area contributed by atoms with Gasteiger partial charge in [0.1, 0.15) is 5.52 Å². The number of carbonyl (C=O) groups is 1. The van der Waals surface area contributed by atoms with Gasteiger partial charge in [-0.15, -0.1) is 0 Å². The number of nitrogens with zero attached hydrogens (tertiary/aromatic N) is 2. The number of aliphatic imine (C=N–C) groups is 1. The van der Waals surface area contributed by atoms with Gasteiger partial charge in [0.15, 0.2) is 12.0 Å². The fourth-order valence-corrected chi connectivity index (χ4v) is 2.39. The molecule has 1 N–H and O–H groups in total. The molecule has 0 aliphatic carbocycles. The van der Waals surface area contributed by atoms with Gasteiger partial charge in [-0.3, -0.25) is 14.8 Å². The van der Waals surface area contributed by atoms with Crippen LogP contribution in [0.4, 0.5) is 0 Å². The van der Waals surface area contributed by atoms with Crippen LogP contribution < -0.4 is 0 Å². The lowest BCUT2D eigenvalue weighted by Crippen LogP contribution is -1.94. The molecular weight excluding hydrogens is 276 g/mol. The summed E-state index contributed by atoms with van der Waals surface area (Å²) in [6, 6.07) is 5.18. The molecule has 0 aliphatic heterocycles. The monoisotopic (exact) mass is 298 g/mol. The minimum Gasteiger partial charge on any atom is -0.505 e. The van der Waals surface area contributed by atoms with Crippen molar-refractivity contribution in [1.82, 2.24) is 4.98 Å². The number of aldehydes is 1. The van der Waals surface area contributed by atoms with E-state index in [2.05, 4.69) is 23.8 Å². The van der Waals surface area contributed by atoms with E-state index in [1.54, 1.807) is 30.6 Å². The van der Waals surface area contributed by atoms with Crippen LogP contribution in [-0.2, 0) is 0 Å². The number of carbonyl (C=O) groups excluding carboxylic acids is 1. The lowest BCUT2D eigenvalue weighted by Gasteiger charge is -2.06. The van der Waals surface area contributed by atoms with E-state index in [1.807, 2.05) is 0 Å². The molecule has 1 aromatic heterocycles. The minimum atomic E-state index is 0.0760. The second-order valence-corrected chi connectivity index (χ2v) is 5.85. The third kappa shape index (κ3) is 3.91.